The molecule has 1 aromatic heterocycles. The lowest BCUT2D eigenvalue weighted by Gasteiger charge is -2.07. The van der Waals surface area contributed by atoms with E-state index in [1.165, 1.54) is 12.3 Å². The Morgan fingerprint density at radius 3 is 2.19 bits per heavy atom. The highest BCUT2D eigenvalue weighted by molar-refractivity contribution is 5.73. The van der Waals surface area contributed by atoms with Crippen LogP contribution in [0.3, 0.4) is 0 Å². The Labute approximate surface area is 91.3 Å². The van der Waals surface area contributed by atoms with Gasteiger partial charge in [0, 0.05) is 12.3 Å². The Morgan fingerprint density at radius 1 is 1.44 bits per heavy atom. The van der Waals surface area contributed by atoms with E-state index in [2.05, 4.69) is 4.98 Å². The smallest absolute Gasteiger partial charge is 0.325 e. The van der Waals surface area contributed by atoms with Crippen molar-refractivity contribution in [1.29, 1.82) is 0 Å². The molecule has 0 radical (unpaired) electrons. The van der Waals surface area contributed by atoms with E-state index in [-0.39, 0.29) is 11.5 Å². The molecule has 1 aromatic rings. The Morgan fingerprint density at radius 2 is 2.00 bits per heavy atom. The molecule has 0 aliphatic rings. The van der Waals surface area contributed by atoms with Crippen LogP contribution in [0.2, 0.25) is 0 Å². The molecule has 16 heavy (non-hydrogen) atoms. The van der Waals surface area contributed by atoms with Crippen molar-refractivity contribution in [3.05, 3.63) is 33.1 Å². The Hall–Kier alpha value is -1.89. The lowest BCUT2D eigenvalue weighted by molar-refractivity contribution is -0.139. The summed E-state index contributed by atoms with van der Waals surface area (Å²) in [6.45, 7) is 3.55. The summed E-state index contributed by atoms with van der Waals surface area (Å²) in [5.74, 6) is -0.910. The maximum atomic E-state index is 10.2. The second-order valence-corrected chi connectivity index (χ2v) is 3.40. The van der Waals surface area contributed by atoms with Gasteiger partial charge < -0.3 is 15.8 Å². The van der Waals surface area contributed by atoms with Gasteiger partial charge in [0.2, 0.25) is 0 Å². The third-order valence-electron chi connectivity index (χ3n) is 1.69. The SMILES string of the molecule is CC(C)[C@H](N)C(=O)O.O=c1cc[nH]c(=O)[nH]1. The van der Waals surface area contributed by atoms with E-state index in [9.17, 15) is 14.4 Å². The van der Waals surface area contributed by atoms with Gasteiger partial charge in [-0.05, 0) is 5.92 Å². The van der Waals surface area contributed by atoms with Crippen LogP contribution in [0, 0.1) is 5.92 Å². The summed E-state index contributed by atoms with van der Waals surface area (Å²) in [6, 6.07) is 0.525. The summed E-state index contributed by atoms with van der Waals surface area (Å²) in [6.07, 6.45) is 1.29. The van der Waals surface area contributed by atoms with E-state index in [0.717, 1.165) is 0 Å². The lowest BCUT2D eigenvalue weighted by Crippen LogP contribution is -2.34. The molecule has 0 amide bonds. The highest BCUT2D eigenvalue weighted by Crippen LogP contribution is 1.96. The molecule has 0 saturated carbocycles. The lowest BCUT2D eigenvalue weighted by atomic mass is 10.1. The molecule has 90 valence electrons. The molecule has 7 heteroatoms. The van der Waals surface area contributed by atoms with Crippen molar-refractivity contribution < 1.29 is 9.90 Å². The second kappa shape index (κ2) is 6.57. The zero-order valence-electron chi connectivity index (χ0n) is 9.06. The van der Waals surface area contributed by atoms with Crippen LogP contribution >= 0.6 is 0 Å². The average molecular weight is 229 g/mol. The molecule has 0 aliphatic heterocycles. The van der Waals surface area contributed by atoms with Gasteiger partial charge in [-0.15, -0.1) is 0 Å². The minimum absolute atomic E-state index is 0.0208. The van der Waals surface area contributed by atoms with E-state index in [0.29, 0.717) is 0 Å². The summed E-state index contributed by atoms with van der Waals surface area (Å²) >= 11 is 0. The van der Waals surface area contributed by atoms with Crippen molar-refractivity contribution >= 4 is 5.97 Å². The Bertz CT molecular complexity index is 409. The molecule has 1 atom stereocenters. The first-order valence-corrected chi connectivity index (χ1v) is 4.61. The van der Waals surface area contributed by atoms with Gasteiger partial charge >= 0.3 is 11.7 Å². The Kier molecular flexibility index (Phi) is 5.79. The van der Waals surface area contributed by atoms with E-state index in [1.54, 1.807) is 13.8 Å². The van der Waals surface area contributed by atoms with Gasteiger partial charge in [0.25, 0.3) is 5.56 Å². The first-order valence-electron chi connectivity index (χ1n) is 4.61. The van der Waals surface area contributed by atoms with Crippen molar-refractivity contribution in [2.24, 2.45) is 11.7 Å². The molecule has 7 nitrogen and oxygen atoms in total. The number of nitrogens with two attached hydrogens (primary N) is 1. The standard InChI is InChI=1S/C5H11NO2.C4H4N2O2/c1-3(2)4(6)5(7)8;7-3-1-2-5-4(8)6-3/h3-4H,6H2,1-2H3,(H,7,8);1-2H,(H2,5,6,7,8)/t4-;/m0./s1. The molecular formula is C9H15N3O4. The van der Waals surface area contributed by atoms with Crippen LogP contribution in [-0.2, 0) is 4.79 Å². The van der Waals surface area contributed by atoms with Gasteiger partial charge in [0.1, 0.15) is 6.04 Å². The molecule has 0 bridgehead atoms. The normalized spacial score (nSPS) is 11.5. The van der Waals surface area contributed by atoms with Crippen LogP contribution in [0.1, 0.15) is 13.8 Å². The number of carbonyl (C=O) groups is 1. The van der Waals surface area contributed by atoms with E-state index in [4.69, 9.17) is 10.8 Å². The molecule has 0 unspecified atom stereocenters. The number of aromatic nitrogens is 2. The highest BCUT2D eigenvalue weighted by Gasteiger charge is 2.14. The number of rotatable bonds is 2. The van der Waals surface area contributed by atoms with Crippen LogP contribution in [0.25, 0.3) is 0 Å². The fraction of sp³-hybridized carbons (Fsp3) is 0.444. The maximum absolute atomic E-state index is 10.2. The van der Waals surface area contributed by atoms with Gasteiger partial charge in [-0.25, -0.2) is 4.79 Å². The number of aromatic amines is 2. The summed E-state index contributed by atoms with van der Waals surface area (Å²) < 4.78 is 0. The van der Waals surface area contributed by atoms with Crippen molar-refractivity contribution in [2.75, 3.05) is 0 Å². The highest BCUT2D eigenvalue weighted by atomic mass is 16.4. The first kappa shape index (κ1) is 14.1. The largest absolute Gasteiger partial charge is 0.480 e. The number of hydrogen-bond donors (Lipinski definition) is 4. The van der Waals surface area contributed by atoms with E-state index < -0.39 is 17.7 Å². The average Bonchev–Trinajstić information content (AvgIpc) is 2.16. The summed E-state index contributed by atoms with van der Waals surface area (Å²) in [5.41, 5.74) is 4.30. The van der Waals surface area contributed by atoms with Crippen molar-refractivity contribution in [2.45, 2.75) is 19.9 Å². The molecule has 0 saturated heterocycles. The number of carboxylic acid groups (broad SMARTS) is 1. The van der Waals surface area contributed by atoms with Crippen LogP contribution in [0.5, 0.6) is 0 Å². The third-order valence-corrected chi connectivity index (χ3v) is 1.69. The predicted molar refractivity (Wildman–Crippen MR) is 58.1 cm³/mol. The molecular weight excluding hydrogens is 214 g/mol. The summed E-state index contributed by atoms with van der Waals surface area (Å²) in [7, 11) is 0. The van der Waals surface area contributed by atoms with Gasteiger partial charge in [-0.3, -0.25) is 14.6 Å². The van der Waals surface area contributed by atoms with E-state index >= 15 is 0 Å². The quantitative estimate of drug-likeness (QED) is 0.523. The number of carboxylic acids is 1. The monoisotopic (exact) mass is 229 g/mol. The topological polar surface area (TPSA) is 129 Å². The maximum Gasteiger partial charge on any atom is 0.325 e. The molecule has 0 fully saturated rings. The fourth-order valence-electron chi connectivity index (χ4n) is 0.668. The number of hydrogen-bond acceptors (Lipinski definition) is 4. The molecule has 0 aliphatic carbocycles. The van der Waals surface area contributed by atoms with Gasteiger partial charge in [0.05, 0.1) is 0 Å². The minimum Gasteiger partial charge on any atom is -0.480 e. The van der Waals surface area contributed by atoms with Crippen LogP contribution < -0.4 is 17.0 Å². The van der Waals surface area contributed by atoms with Crippen molar-refractivity contribution in [3.63, 3.8) is 0 Å². The first-order chi connectivity index (χ1) is 7.34. The molecule has 1 rings (SSSR count). The van der Waals surface area contributed by atoms with Gasteiger partial charge in [-0.1, -0.05) is 13.8 Å². The molecule has 5 N–H and O–H groups in total. The molecule has 0 aromatic carbocycles. The Balaban J connectivity index is 0.000000281. The third kappa shape index (κ3) is 5.76. The minimum atomic E-state index is -0.931. The zero-order chi connectivity index (χ0) is 12.7. The predicted octanol–water partition coefficient (Wildman–Crippen LogP) is -0.882. The van der Waals surface area contributed by atoms with Gasteiger partial charge in [0.15, 0.2) is 0 Å². The van der Waals surface area contributed by atoms with Crippen molar-refractivity contribution in [3.8, 4) is 0 Å². The van der Waals surface area contributed by atoms with Crippen LogP contribution in [-0.4, -0.2) is 27.1 Å². The van der Waals surface area contributed by atoms with Gasteiger partial charge in [-0.2, -0.15) is 0 Å². The van der Waals surface area contributed by atoms with Crippen LogP contribution in [0.4, 0.5) is 0 Å². The molecule has 0 spiro atoms. The fourth-order valence-corrected chi connectivity index (χ4v) is 0.668. The summed E-state index contributed by atoms with van der Waals surface area (Å²) in [4.78, 5) is 34.7. The van der Waals surface area contributed by atoms with Crippen molar-refractivity contribution in [1.82, 2.24) is 9.97 Å². The molecule has 1 heterocycles. The number of H-pyrrole nitrogens is 2. The zero-order valence-corrected chi connectivity index (χ0v) is 9.06. The number of nitrogens with one attached hydrogen (secondary N) is 2. The van der Waals surface area contributed by atoms with Crippen LogP contribution in [0.15, 0.2) is 21.9 Å². The number of aliphatic carboxylic acids is 1. The van der Waals surface area contributed by atoms with E-state index in [1.807, 2.05) is 4.98 Å². The summed E-state index contributed by atoms with van der Waals surface area (Å²) in [5, 5.41) is 8.23. The second-order valence-electron chi connectivity index (χ2n) is 3.40.